The summed E-state index contributed by atoms with van der Waals surface area (Å²) in [6.07, 6.45) is -0.573. The predicted octanol–water partition coefficient (Wildman–Crippen LogP) is 1.07. The Morgan fingerprint density at radius 3 is 2.89 bits per heavy atom. The predicted molar refractivity (Wildman–Crippen MR) is 62.1 cm³/mol. The lowest BCUT2D eigenvalue weighted by molar-refractivity contribution is -0.384. The number of hydrogen-bond acceptors (Lipinski definition) is 5. The molecule has 0 bridgehead atoms. The van der Waals surface area contributed by atoms with Crippen molar-refractivity contribution in [3.05, 3.63) is 33.9 Å². The number of rotatable bonds is 3. The highest BCUT2D eigenvalue weighted by Gasteiger charge is 2.30. The summed E-state index contributed by atoms with van der Waals surface area (Å²) in [5.74, 6) is -2.40. The molecule has 1 fully saturated rings. The first-order valence-corrected chi connectivity index (χ1v) is 5.64. The molecule has 19 heavy (non-hydrogen) atoms. The molecule has 1 aromatic rings. The fraction of sp³-hybridized carbons (Fsp3) is 0.455. The van der Waals surface area contributed by atoms with E-state index in [1.165, 1.54) is 4.90 Å². The molecule has 8 heteroatoms. The van der Waals surface area contributed by atoms with Gasteiger partial charge in [0.2, 0.25) is 0 Å². The van der Waals surface area contributed by atoms with Gasteiger partial charge in [0.1, 0.15) is 0 Å². The van der Waals surface area contributed by atoms with Crippen LogP contribution in [-0.4, -0.2) is 42.4 Å². The second kappa shape index (κ2) is 5.45. The number of ether oxygens (including phenoxy) is 1. The van der Waals surface area contributed by atoms with Crippen LogP contribution >= 0.6 is 0 Å². The third-order valence-electron chi connectivity index (χ3n) is 2.90. The smallest absolute Gasteiger partial charge is 0.295 e. The van der Waals surface area contributed by atoms with Gasteiger partial charge in [-0.3, -0.25) is 10.1 Å². The summed E-state index contributed by atoms with van der Waals surface area (Å²) in [4.78, 5) is 11.4. The molecule has 1 aliphatic heterocycles. The summed E-state index contributed by atoms with van der Waals surface area (Å²) in [7, 11) is 0. The Labute approximate surface area is 107 Å². The Morgan fingerprint density at radius 2 is 2.26 bits per heavy atom. The minimum atomic E-state index is -1.26. The standard InChI is InChI=1S/C11H12F2N2O4/c12-8-1-2-9(15(17)18)11(10(8)13)14-3-4-19-7(5-14)6-16/h1-2,7,16H,3-6H2. The number of aliphatic hydroxyl groups is 1. The lowest BCUT2D eigenvalue weighted by Crippen LogP contribution is -2.44. The highest BCUT2D eigenvalue weighted by Crippen LogP contribution is 2.33. The molecule has 1 aromatic carbocycles. The van der Waals surface area contributed by atoms with Crippen molar-refractivity contribution in [1.82, 2.24) is 0 Å². The van der Waals surface area contributed by atoms with E-state index in [1.807, 2.05) is 0 Å². The molecule has 0 saturated carbocycles. The van der Waals surface area contributed by atoms with Crippen LogP contribution in [0.15, 0.2) is 12.1 Å². The topological polar surface area (TPSA) is 75.8 Å². The summed E-state index contributed by atoms with van der Waals surface area (Å²) >= 11 is 0. The molecule has 1 N–H and O–H groups in total. The van der Waals surface area contributed by atoms with Gasteiger partial charge < -0.3 is 14.7 Å². The largest absolute Gasteiger partial charge is 0.394 e. The van der Waals surface area contributed by atoms with E-state index >= 15 is 0 Å². The first-order chi connectivity index (χ1) is 9.04. The second-order valence-electron chi connectivity index (χ2n) is 4.11. The summed E-state index contributed by atoms with van der Waals surface area (Å²) < 4.78 is 32.2. The molecule has 0 aromatic heterocycles. The van der Waals surface area contributed by atoms with Gasteiger partial charge in [0.25, 0.3) is 5.69 Å². The Bertz CT molecular complexity index is 498. The van der Waals surface area contributed by atoms with E-state index in [4.69, 9.17) is 9.84 Å². The number of halogens is 2. The zero-order valence-corrected chi connectivity index (χ0v) is 9.88. The first-order valence-electron chi connectivity index (χ1n) is 5.64. The van der Waals surface area contributed by atoms with Crippen molar-refractivity contribution in [2.75, 3.05) is 31.2 Å². The van der Waals surface area contributed by atoms with Gasteiger partial charge in [-0.15, -0.1) is 0 Å². The van der Waals surface area contributed by atoms with Crippen molar-refractivity contribution in [1.29, 1.82) is 0 Å². The number of hydrogen-bond donors (Lipinski definition) is 1. The average molecular weight is 274 g/mol. The van der Waals surface area contributed by atoms with Crippen molar-refractivity contribution < 1.29 is 23.5 Å². The molecule has 0 aliphatic carbocycles. The number of morpholine rings is 1. The van der Waals surface area contributed by atoms with Gasteiger partial charge in [0.05, 0.1) is 24.2 Å². The molecule has 104 valence electrons. The molecule has 2 rings (SSSR count). The molecule has 6 nitrogen and oxygen atoms in total. The van der Waals surface area contributed by atoms with Gasteiger partial charge in [0.15, 0.2) is 17.3 Å². The van der Waals surface area contributed by atoms with Crippen LogP contribution in [0.1, 0.15) is 0 Å². The number of nitro benzene ring substituents is 1. The van der Waals surface area contributed by atoms with Crippen molar-refractivity contribution in [3.8, 4) is 0 Å². The van der Waals surface area contributed by atoms with Gasteiger partial charge in [-0.25, -0.2) is 8.78 Å². The van der Waals surface area contributed by atoms with E-state index in [0.29, 0.717) is 0 Å². The van der Waals surface area contributed by atoms with E-state index in [-0.39, 0.29) is 26.3 Å². The summed E-state index contributed by atoms with van der Waals surface area (Å²) in [6.45, 7) is 0.148. The van der Waals surface area contributed by atoms with Gasteiger partial charge in [-0.05, 0) is 6.07 Å². The molecular formula is C11H12F2N2O4. The minimum absolute atomic E-state index is 0.0672. The third kappa shape index (κ3) is 2.64. The Morgan fingerprint density at radius 1 is 1.53 bits per heavy atom. The lowest BCUT2D eigenvalue weighted by Gasteiger charge is -2.33. The maximum Gasteiger partial charge on any atom is 0.295 e. The fourth-order valence-corrected chi connectivity index (χ4v) is 2.01. The minimum Gasteiger partial charge on any atom is -0.394 e. The van der Waals surface area contributed by atoms with Crippen molar-refractivity contribution in [2.24, 2.45) is 0 Å². The molecule has 1 heterocycles. The van der Waals surface area contributed by atoms with Crippen LogP contribution in [0.2, 0.25) is 0 Å². The molecule has 1 atom stereocenters. The maximum atomic E-state index is 13.8. The second-order valence-corrected chi connectivity index (χ2v) is 4.11. The Balaban J connectivity index is 2.42. The highest BCUT2D eigenvalue weighted by molar-refractivity contribution is 5.64. The average Bonchev–Trinajstić information content (AvgIpc) is 2.41. The van der Waals surface area contributed by atoms with Crippen LogP contribution in [0, 0.1) is 21.7 Å². The Kier molecular flexibility index (Phi) is 3.91. The SMILES string of the molecule is O=[N+]([O-])c1ccc(F)c(F)c1N1CCOC(CO)C1. The maximum absolute atomic E-state index is 13.8. The molecule has 0 spiro atoms. The van der Waals surface area contributed by atoms with Crippen LogP contribution in [0.4, 0.5) is 20.2 Å². The lowest BCUT2D eigenvalue weighted by atomic mass is 10.2. The van der Waals surface area contributed by atoms with Gasteiger partial charge in [-0.1, -0.05) is 0 Å². The number of nitro groups is 1. The van der Waals surface area contributed by atoms with E-state index < -0.39 is 34.0 Å². The molecule has 1 saturated heterocycles. The first kappa shape index (κ1) is 13.6. The van der Waals surface area contributed by atoms with E-state index in [0.717, 1.165) is 12.1 Å². The van der Waals surface area contributed by atoms with E-state index in [9.17, 15) is 18.9 Å². The van der Waals surface area contributed by atoms with Crippen molar-refractivity contribution >= 4 is 11.4 Å². The zero-order chi connectivity index (χ0) is 14.0. The summed E-state index contributed by atoms with van der Waals surface area (Å²) in [6, 6.07) is 1.65. The molecule has 1 aliphatic rings. The zero-order valence-electron chi connectivity index (χ0n) is 9.88. The third-order valence-corrected chi connectivity index (χ3v) is 2.90. The van der Waals surface area contributed by atoms with Crippen molar-refractivity contribution in [3.63, 3.8) is 0 Å². The van der Waals surface area contributed by atoms with Crippen LogP contribution in [0.3, 0.4) is 0 Å². The van der Waals surface area contributed by atoms with Crippen LogP contribution in [0.25, 0.3) is 0 Å². The monoisotopic (exact) mass is 274 g/mol. The highest BCUT2D eigenvalue weighted by atomic mass is 19.2. The van der Waals surface area contributed by atoms with Gasteiger partial charge in [-0.2, -0.15) is 0 Å². The molecule has 1 unspecified atom stereocenters. The molecular weight excluding hydrogens is 262 g/mol. The van der Waals surface area contributed by atoms with E-state index in [2.05, 4.69) is 0 Å². The van der Waals surface area contributed by atoms with Gasteiger partial charge >= 0.3 is 0 Å². The number of benzene rings is 1. The summed E-state index contributed by atoms with van der Waals surface area (Å²) in [5.41, 5.74) is -0.899. The van der Waals surface area contributed by atoms with Crippen molar-refractivity contribution in [2.45, 2.75) is 6.10 Å². The molecule has 0 radical (unpaired) electrons. The quantitative estimate of drug-likeness (QED) is 0.659. The van der Waals surface area contributed by atoms with Crippen LogP contribution < -0.4 is 4.90 Å². The normalized spacial score (nSPS) is 19.5. The number of aliphatic hydroxyl groups excluding tert-OH is 1. The number of nitrogens with zero attached hydrogens (tertiary/aromatic N) is 2. The fourth-order valence-electron chi connectivity index (χ4n) is 2.01. The molecule has 0 amide bonds. The summed E-state index contributed by atoms with van der Waals surface area (Å²) in [5, 5.41) is 19.9. The van der Waals surface area contributed by atoms with Crippen LogP contribution in [-0.2, 0) is 4.74 Å². The van der Waals surface area contributed by atoms with Crippen LogP contribution in [0.5, 0.6) is 0 Å². The Hall–Kier alpha value is -1.80. The number of anilines is 1. The van der Waals surface area contributed by atoms with Gasteiger partial charge in [0, 0.05) is 19.2 Å². The van der Waals surface area contributed by atoms with E-state index in [1.54, 1.807) is 0 Å².